The van der Waals surface area contributed by atoms with Crippen molar-refractivity contribution >= 4 is 6.09 Å². The Labute approximate surface area is 114 Å². The SMILES string of the molecule is CC(C)(C)OC(=O)NCc1cccc(CCCO)c1. The van der Waals surface area contributed by atoms with Crippen molar-refractivity contribution in [1.29, 1.82) is 0 Å². The topological polar surface area (TPSA) is 58.6 Å². The molecule has 1 rings (SSSR count). The zero-order valence-corrected chi connectivity index (χ0v) is 11.9. The van der Waals surface area contributed by atoms with Gasteiger partial charge in [-0.05, 0) is 44.7 Å². The molecule has 0 fully saturated rings. The van der Waals surface area contributed by atoms with Crippen LogP contribution < -0.4 is 5.32 Å². The van der Waals surface area contributed by atoms with E-state index in [1.165, 1.54) is 0 Å². The van der Waals surface area contributed by atoms with Crippen LogP contribution in [0, 0.1) is 0 Å². The van der Waals surface area contributed by atoms with Crippen LogP contribution in [0.2, 0.25) is 0 Å². The van der Waals surface area contributed by atoms with E-state index in [4.69, 9.17) is 9.84 Å². The van der Waals surface area contributed by atoms with Crippen molar-refractivity contribution in [3.63, 3.8) is 0 Å². The summed E-state index contributed by atoms with van der Waals surface area (Å²) in [6, 6.07) is 7.97. The third kappa shape index (κ3) is 6.82. The average molecular weight is 265 g/mol. The molecule has 0 bridgehead atoms. The predicted octanol–water partition coefficient (Wildman–Crippen LogP) is 2.64. The van der Waals surface area contributed by atoms with Gasteiger partial charge in [0, 0.05) is 13.2 Å². The standard InChI is InChI=1S/C15H23NO3/c1-15(2,3)19-14(18)16-11-13-7-4-6-12(10-13)8-5-9-17/h4,6-7,10,17H,5,8-9,11H2,1-3H3,(H,16,18). The van der Waals surface area contributed by atoms with Gasteiger partial charge in [-0.15, -0.1) is 0 Å². The van der Waals surface area contributed by atoms with Gasteiger partial charge in [0.15, 0.2) is 0 Å². The van der Waals surface area contributed by atoms with Gasteiger partial charge in [0.05, 0.1) is 0 Å². The first-order chi connectivity index (χ1) is 8.90. The Morgan fingerprint density at radius 2 is 2.00 bits per heavy atom. The van der Waals surface area contributed by atoms with E-state index >= 15 is 0 Å². The lowest BCUT2D eigenvalue weighted by molar-refractivity contribution is 0.0523. The maximum absolute atomic E-state index is 11.5. The van der Waals surface area contributed by atoms with Gasteiger partial charge in [-0.1, -0.05) is 24.3 Å². The molecule has 106 valence electrons. The summed E-state index contributed by atoms with van der Waals surface area (Å²) < 4.78 is 5.17. The molecule has 4 nitrogen and oxygen atoms in total. The third-order valence-electron chi connectivity index (χ3n) is 2.45. The van der Waals surface area contributed by atoms with Crippen LogP contribution in [0.4, 0.5) is 4.79 Å². The largest absolute Gasteiger partial charge is 0.444 e. The minimum atomic E-state index is -0.479. The van der Waals surface area contributed by atoms with E-state index < -0.39 is 11.7 Å². The van der Waals surface area contributed by atoms with Gasteiger partial charge in [-0.2, -0.15) is 0 Å². The van der Waals surface area contributed by atoms with Crippen molar-refractivity contribution in [2.24, 2.45) is 0 Å². The van der Waals surface area contributed by atoms with Gasteiger partial charge in [0.1, 0.15) is 5.60 Å². The summed E-state index contributed by atoms with van der Waals surface area (Å²) in [6.07, 6.45) is 1.19. The molecule has 1 aromatic carbocycles. The first-order valence-corrected chi connectivity index (χ1v) is 6.56. The highest BCUT2D eigenvalue weighted by Crippen LogP contribution is 2.09. The zero-order chi connectivity index (χ0) is 14.3. The highest BCUT2D eigenvalue weighted by molar-refractivity contribution is 5.67. The average Bonchev–Trinajstić information content (AvgIpc) is 2.32. The second-order valence-electron chi connectivity index (χ2n) is 5.50. The fourth-order valence-corrected chi connectivity index (χ4v) is 1.67. The number of rotatable bonds is 5. The Morgan fingerprint density at radius 3 is 2.63 bits per heavy atom. The number of alkyl carbamates (subject to hydrolysis) is 1. The number of carbonyl (C=O) groups excluding carboxylic acids is 1. The lowest BCUT2D eigenvalue weighted by atomic mass is 10.1. The Bertz CT molecular complexity index is 410. The Morgan fingerprint density at radius 1 is 1.32 bits per heavy atom. The number of hydrogen-bond acceptors (Lipinski definition) is 3. The van der Waals surface area contributed by atoms with Gasteiger partial charge in [-0.3, -0.25) is 0 Å². The molecule has 0 aliphatic rings. The summed E-state index contributed by atoms with van der Waals surface area (Å²) in [4.78, 5) is 11.5. The van der Waals surface area contributed by atoms with E-state index in [9.17, 15) is 4.79 Å². The van der Waals surface area contributed by atoms with Crippen LogP contribution in [-0.4, -0.2) is 23.4 Å². The molecule has 0 saturated heterocycles. The smallest absolute Gasteiger partial charge is 0.407 e. The molecule has 0 spiro atoms. The van der Waals surface area contributed by atoms with Crippen LogP contribution in [0.5, 0.6) is 0 Å². The van der Waals surface area contributed by atoms with E-state index in [1.54, 1.807) is 0 Å². The molecule has 0 radical (unpaired) electrons. The normalized spacial score (nSPS) is 11.2. The van der Waals surface area contributed by atoms with Gasteiger partial charge in [0.2, 0.25) is 0 Å². The van der Waals surface area contributed by atoms with E-state index in [-0.39, 0.29) is 6.61 Å². The monoisotopic (exact) mass is 265 g/mol. The van der Waals surface area contributed by atoms with E-state index in [2.05, 4.69) is 5.32 Å². The zero-order valence-electron chi connectivity index (χ0n) is 11.9. The van der Waals surface area contributed by atoms with Crippen molar-refractivity contribution < 1.29 is 14.6 Å². The fourth-order valence-electron chi connectivity index (χ4n) is 1.67. The molecule has 2 N–H and O–H groups in total. The summed E-state index contributed by atoms with van der Waals surface area (Å²) >= 11 is 0. The molecule has 4 heteroatoms. The molecule has 19 heavy (non-hydrogen) atoms. The number of aryl methyl sites for hydroxylation is 1. The summed E-state index contributed by atoms with van der Waals surface area (Å²) in [6.45, 7) is 6.15. The van der Waals surface area contributed by atoms with Crippen LogP contribution >= 0.6 is 0 Å². The van der Waals surface area contributed by atoms with Crippen LogP contribution in [0.15, 0.2) is 24.3 Å². The van der Waals surface area contributed by atoms with Gasteiger partial charge in [0.25, 0.3) is 0 Å². The van der Waals surface area contributed by atoms with E-state index in [0.29, 0.717) is 6.54 Å². The second-order valence-corrected chi connectivity index (χ2v) is 5.50. The summed E-state index contributed by atoms with van der Waals surface area (Å²) in [7, 11) is 0. The van der Waals surface area contributed by atoms with E-state index in [0.717, 1.165) is 24.0 Å². The molecule has 1 amide bonds. The quantitative estimate of drug-likeness (QED) is 0.860. The van der Waals surface area contributed by atoms with Crippen molar-refractivity contribution in [2.45, 2.75) is 45.8 Å². The fraction of sp³-hybridized carbons (Fsp3) is 0.533. The van der Waals surface area contributed by atoms with E-state index in [1.807, 2.05) is 45.0 Å². The minimum Gasteiger partial charge on any atom is -0.444 e. The molecular weight excluding hydrogens is 242 g/mol. The summed E-state index contributed by atoms with van der Waals surface area (Å²) in [5.74, 6) is 0. The molecule has 0 unspecified atom stereocenters. The summed E-state index contributed by atoms with van der Waals surface area (Å²) in [5, 5.41) is 11.5. The van der Waals surface area contributed by atoms with Gasteiger partial charge >= 0.3 is 6.09 Å². The maximum Gasteiger partial charge on any atom is 0.407 e. The molecule has 1 aromatic rings. The number of benzene rings is 1. The molecule has 0 saturated carbocycles. The van der Waals surface area contributed by atoms with Crippen molar-refractivity contribution in [3.8, 4) is 0 Å². The van der Waals surface area contributed by atoms with Crippen molar-refractivity contribution in [3.05, 3.63) is 35.4 Å². The summed E-state index contributed by atoms with van der Waals surface area (Å²) in [5.41, 5.74) is 1.71. The number of ether oxygens (including phenoxy) is 1. The first-order valence-electron chi connectivity index (χ1n) is 6.56. The highest BCUT2D eigenvalue weighted by Gasteiger charge is 2.15. The third-order valence-corrected chi connectivity index (χ3v) is 2.45. The lowest BCUT2D eigenvalue weighted by Gasteiger charge is -2.19. The van der Waals surface area contributed by atoms with Gasteiger partial charge in [-0.25, -0.2) is 4.79 Å². The maximum atomic E-state index is 11.5. The Hall–Kier alpha value is -1.55. The Kier molecular flexibility index (Phi) is 5.83. The van der Waals surface area contributed by atoms with Crippen molar-refractivity contribution in [1.82, 2.24) is 5.32 Å². The number of amides is 1. The lowest BCUT2D eigenvalue weighted by Crippen LogP contribution is -2.32. The molecule has 0 atom stereocenters. The predicted molar refractivity (Wildman–Crippen MR) is 74.9 cm³/mol. The number of aliphatic hydroxyl groups excluding tert-OH is 1. The number of aliphatic hydroxyl groups is 1. The van der Waals surface area contributed by atoms with Crippen LogP contribution in [0.1, 0.15) is 38.3 Å². The first kappa shape index (κ1) is 15.5. The van der Waals surface area contributed by atoms with Gasteiger partial charge < -0.3 is 15.2 Å². The van der Waals surface area contributed by atoms with Crippen LogP contribution in [0.3, 0.4) is 0 Å². The molecule has 0 aliphatic heterocycles. The second kappa shape index (κ2) is 7.14. The minimum absolute atomic E-state index is 0.195. The van der Waals surface area contributed by atoms with Crippen LogP contribution in [-0.2, 0) is 17.7 Å². The molecule has 0 heterocycles. The number of carbonyl (C=O) groups is 1. The Balaban J connectivity index is 2.46. The van der Waals surface area contributed by atoms with Crippen molar-refractivity contribution in [2.75, 3.05) is 6.61 Å². The molecule has 0 aromatic heterocycles. The number of hydrogen-bond donors (Lipinski definition) is 2. The van der Waals surface area contributed by atoms with Crippen LogP contribution in [0.25, 0.3) is 0 Å². The highest BCUT2D eigenvalue weighted by atomic mass is 16.6. The molecule has 0 aliphatic carbocycles. The molecular formula is C15H23NO3. The number of nitrogens with one attached hydrogen (secondary N) is 1.